The summed E-state index contributed by atoms with van der Waals surface area (Å²) in [6.07, 6.45) is 3.69. The molecular formula is C9H15N3. The predicted octanol–water partition coefficient (Wildman–Crippen LogP) is 1.50. The van der Waals surface area contributed by atoms with Crippen molar-refractivity contribution in [1.82, 2.24) is 9.97 Å². The summed E-state index contributed by atoms with van der Waals surface area (Å²) < 4.78 is 0. The lowest BCUT2D eigenvalue weighted by molar-refractivity contribution is 0.494. The van der Waals surface area contributed by atoms with Gasteiger partial charge in [-0.1, -0.05) is 13.8 Å². The van der Waals surface area contributed by atoms with Crippen molar-refractivity contribution in [1.29, 1.82) is 0 Å². The van der Waals surface area contributed by atoms with Crippen molar-refractivity contribution >= 4 is 5.95 Å². The summed E-state index contributed by atoms with van der Waals surface area (Å²) in [4.78, 5) is 9.69. The molecule has 0 bridgehead atoms. The highest BCUT2D eigenvalue weighted by molar-refractivity contribution is 5.31. The van der Waals surface area contributed by atoms with Gasteiger partial charge >= 0.3 is 0 Å². The number of nitrogens with one attached hydrogen (secondary N) is 1. The number of aromatic nitrogens is 2. The predicted molar refractivity (Wildman–Crippen MR) is 49.1 cm³/mol. The molecule has 1 aromatic heterocycles. The van der Waals surface area contributed by atoms with Gasteiger partial charge in [0.15, 0.2) is 0 Å². The fraction of sp³-hybridized carbons (Fsp3) is 0.667. The van der Waals surface area contributed by atoms with Gasteiger partial charge in [-0.3, -0.25) is 0 Å². The molecule has 0 spiro atoms. The minimum atomic E-state index is 0.787. The normalized spacial score (nSPS) is 29.7. The summed E-state index contributed by atoms with van der Waals surface area (Å²) in [6.45, 7) is 6.87. The number of H-pyrrole nitrogens is 1. The number of hydrogen-bond acceptors (Lipinski definition) is 2. The molecule has 2 rings (SSSR count). The van der Waals surface area contributed by atoms with Crippen molar-refractivity contribution in [3.63, 3.8) is 0 Å². The molecule has 66 valence electrons. The molecule has 1 aliphatic rings. The van der Waals surface area contributed by atoms with Gasteiger partial charge in [-0.25, -0.2) is 4.98 Å². The molecular weight excluding hydrogens is 150 g/mol. The van der Waals surface area contributed by atoms with Gasteiger partial charge in [0.05, 0.1) is 0 Å². The Kier molecular flexibility index (Phi) is 1.79. The number of hydrogen-bond donors (Lipinski definition) is 1. The summed E-state index contributed by atoms with van der Waals surface area (Å²) in [5, 5.41) is 0. The van der Waals surface area contributed by atoms with E-state index in [-0.39, 0.29) is 0 Å². The lowest BCUT2D eigenvalue weighted by Gasteiger charge is -2.13. The Bertz CT molecular complexity index is 232. The van der Waals surface area contributed by atoms with Gasteiger partial charge in [-0.15, -0.1) is 0 Å². The molecule has 1 N–H and O–H groups in total. The molecule has 0 radical (unpaired) electrons. The van der Waals surface area contributed by atoms with Crippen LogP contribution in [0.4, 0.5) is 5.95 Å². The largest absolute Gasteiger partial charge is 0.342 e. The van der Waals surface area contributed by atoms with Crippen molar-refractivity contribution in [3.05, 3.63) is 12.4 Å². The topological polar surface area (TPSA) is 31.9 Å². The Labute approximate surface area is 72.8 Å². The van der Waals surface area contributed by atoms with E-state index in [4.69, 9.17) is 0 Å². The SMILES string of the molecule is CC1CN(c2ncc[nH]2)CC1C. The zero-order valence-corrected chi connectivity index (χ0v) is 7.62. The van der Waals surface area contributed by atoms with Crippen LogP contribution in [0.25, 0.3) is 0 Å². The van der Waals surface area contributed by atoms with E-state index in [1.54, 1.807) is 0 Å². The van der Waals surface area contributed by atoms with E-state index < -0.39 is 0 Å². The van der Waals surface area contributed by atoms with Crippen LogP contribution in [0, 0.1) is 11.8 Å². The third kappa shape index (κ3) is 1.19. The van der Waals surface area contributed by atoms with Gasteiger partial charge in [-0.2, -0.15) is 0 Å². The maximum absolute atomic E-state index is 4.24. The molecule has 1 aliphatic heterocycles. The average molecular weight is 165 g/mol. The molecule has 0 aliphatic carbocycles. The van der Waals surface area contributed by atoms with E-state index in [1.165, 1.54) is 0 Å². The van der Waals surface area contributed by atoms with E-state index in [0.29, 0.717) is 0 Å². The average Bonchev–Trinajstić information content (AvgIpc) is 2.61. The van der Waals surface area contributed by atoms with Crippen LogP contribution in [0.2, 0.25) is 0 Å². The molecule has 3 nitrogen and oxygen atoms in total. The Morgan fingerprint density at radius 2 is 2.08 bits per heavy atom. The van der Waals surface area contributed by atoms with Gasteiger partial charge in [0.2, 0.25) is 5.95 Å². The quantitative estimate of drug-likeness (QED) is 0.684. The first-order valence-corrected chi connectivity index (χ1v) is 4.51. The highest BCUT2D eigenvalue weighted by Crippen LogP contribution is 2.24. The number of rotatable bonds is 1. The minimum absolute atomic E-state index is 0.787. The van der Waals surface area contributed by atoms with Crippen LogP contribution in [0.1, 0.15) is 13.8 Å². The number of imidazole rings is 1. The second kappa shape index (κ2) is 2.81. The fourth-order valence-electron chi connectivity index (χ4n) is 1.73. The molecule has 0 saturated carbocycles. The third-order valence-electron chi connectivity index (χ3n) is 2.77. The Hall–Kier alpha value is -0.990. The van der Waals surface area contributed by atoms with Crippen molar-refractivity contribution in [3.8, 4) is 0 Å². The summed E-state index contributed by atoms with van der Waals surface area (Å²) in [6, 6.07) is 0. The molecule has 2 unspecified atom stereocenters. The zero-order chi connectivity index (χ0) is 8.55. The van der Waals surface area contributed by atoms with Gasteiger partial charge in [0, 0.05) is 25.5 Å². The third-order valence-corrected chi connectivity index (χ3v) is 2.77. The summed E-state index contributed by atoms with van der Waals surface area (Å²) >= 11 is 0. The maximum atomic E-state index is 4.24. The summed E-state index contributed by atoms with van der Waals surface area (Å²) in [7, 11) is 0. The molecule has 0 amide bonds. The van der Waals surface area contributed by atoms with Crippen LogP contribution >= 0.6 is 0 Å². The monoisotopic (exact) mass is 165 g/mol. The van der Waals surface area contributed by atoms with Gasteiger partial charge in [0.1, 0.15) is 0 Å². The Balaban J connectivity index is 2.09. The van der Waals surface area contributed by atoms with Crippen LogP contribution in [-0.4, -0.2) is 23.1 Å². The first-order valence-electron chi connectivity index (χ1n) is 4.51. The van der Waals surface area contributed by atoms with Crippen molar-refractivity contribution in [2.45, 2.75) is 13.8 Å². The van der Waals surface area contributed by atoms with Crippen molar-refractivity contribution < 1.29 is 0 Å². The van der Waals surface area contributed by atoms with Crippen LogP contribution in [0.5, 0.6) is 0 Å². The first kappa shape index (κ1) is 7.65. The number of anilines is 1. The molecule has 1 fully saturated rings. The van der Waals surface area contributed by atoms with Crippen LogP contribution < -0.4 is 4.90 Å². The number of nitrogens with zero attached hydrogens (tertiary/aromatic N) is 2. The molecule has 1 saturated heterocycles. The van der Waals surface area contributed by atoms with Crippen LogP contribution in [0.15, 0.2) is 12.4 Å². The summed E-state index contributed by atoms with van der Waals surface area (Å²) in [5.41, 5.74) is 0. The standard InChI is InChI=1S/C9H15N3/c1-7-5-12(6-8(7)2)9-10-3-4-11-9/h3-4,7-8H,5-6H2,1-2H3,(H,10,11). The van der Waals surface area contributed by atoms with E-state index in [9.17, 15) is 0 Å². The van der Waals surface area contributed by atoms with Gasteiger partial charge in [-0.05, 0) is 11.8 Å². The highest BCUT2D eigenvalue weighted by atomic mass is 15.3. The van der Waals surface area contributed by atoms with Crippen molar-refractivity contribution in [2.75, 3.05) is 18.0 Å². The van der Waals surface area contributed by atoms with Crippen LogP contribution in [0.3, 0.4) is 0 Å². The molecule has 0 aromatic carbocycles. The van der Waals surface area contributed by atoms with E-state index >= 15 is 0 Å². The first-order chi connectivity index (χ1) is 5.77. The van der Waals surface area contributed by atoms with E-state index in [2.05, 4.69) is 28.7 Å². The van der Waals surface area contributed by atoms with Crippen molar-refractivity contribution in [2.24, 2.45) is 11.8 Å². The molecule has 2 heterocycles. The van der Waals surface area contributed by atoms with E-state index in [1.807, 2.05) is 12.4 Å². The number of aromatic amines is 1. The molecule has 1 aromatic rings. The van der Waals surface area contributed by atoms with Crippen LogP contribution in [-0.2, 0) is 0 Å². The second-order valence-corrected chi connectivity index (χ2v) is 3.77. The lowest BCUT2D eigenvalue weighted by Crippen LogP contribution is -2.20. The molecule has 3 heteroatoms. The minimum Gasteiger partial charge on any atom is -0.342 e. The maximum Gasteiger partial charge on any atom is 0.202 e. The second-order valence-electron chi connectivity index (χ2n) is 3.77. The lowest BCUT2D eigenvalue weighted by atomic mass is 10.0. The smallest absolute Gasteiger partial charge is 0.202 e. The van der Waals surface area contributed by atoms with Gasteiger partial charge < -0.3 is 9.88 Å². The fourth-order valence-corrected chi connectivity index (χ4v) is 1.73. The molecule has 12 heavy (non-hydrogen) atoms. The zero-order valence-electron chi connectivity index (χ0n) is 7.62. The summed E-state index contributed by atoms with van der Waals surface area (Å²) in [5.74, 6) is 2.59. The highest BCUT2D eigenvalue weighted by Gasteiger charge is 2.26. The Morgan fingerprint density at radius 3 is 2.58 bits per heavy atom. The van der Waals surface area contributed by atoms with E-state index in [0.717, 1.165) is 30.9 Å². The molecule has 2 atom stereocenters. The van der Waals surface area contributed by atoms with Gasteiger partial charge in [0.25, 0.3) is 0 Å². The Morgan fingerprint density at radius 1 is 1.42 bits per heavy atom.